The Kier molecular flexibility index (Phi) is 13.0. The van der Waals surface area contributed by atoms with E-state index in [2.05, 4.69) is 20.9 Å². The quantitative estimate of drug-likeness (QED) is 0.205. The van der Waals surface area contributed by atoms with Crippen LogP contribution in [0.2, 0.25) is 0 Å². The van der Waals surface area contributed by atoms with Crippen molar-refractivity contribution >= 4 is 29.4 Å². The molecule has 43 heavy (non-hydrogen) atoms. The van der Waals surface area contributed by atoms with Crippen LogP contribution in [0.5, 0.6) is 0 Å². The van der Waals surface area contributed by atoms with E-state index in [0.29, 0.717) is 25.7 Å². The van der Waals surface area contributed by atoms with Crippen LogP contribution in [0.4, 0.5) is 9.59 Å². The fourth-order valence-electron chi connectivity index (χ4n) is 4.57. The number of nitrogens with zero attached hydrogens (tertiary/aromatic N) is 1. The second-order valence-corrected chi connectivity index (χ2v) is 12.9. The lowest BCUT2D eigenvalue weighted by Crippen LogP contribution is -2.53. The lowest BCUT2D eigenvalue weighted by Gasteiger charge is -2.28. The molecule has 232 valence electrons. The molecule has 0 bridgehead atoms. The molecule has 10 heteroatoms. The first-order valence-electron chi connectivity index (χ1n) is 14.7. The maximum absolute atomic E-state index is 13.5. The first-order chi connectivity index (χ1) is 20.5. The number of hydrogen-bond acceptors (Lipinski definition) is 7. The highest BCUT2D eigenvalue weighted by molar-refractivity contribution is 7.09. The van der Waals surface area contributed by atoms with Crippen molar-refractivity contribution in [3.63, 3.8) is 0 Å². The van der Waals surface area contributed by atoms with Crippen LogP contribution in [0.15, 0.2) is 72.4 Å². The van der Waals surface area contributed by atoms with Gasteiger partial charge in [0.05, 0.1) is 10.4 Å². The molecule has 0 spiro atoms. The molecular formula is C33H44N4O5S. The molecule has 3 N–H and O–H groups in total. The summed E-state index contributed by atoms with van der Waals surface area (Å²) in [6.45, 7) is 9.26. The predicted molar refractivity (Wildman–Crippen MR) is 169 cm³/mol. The number of carbonyl (C=O) groups excluding carboxylic acids is 3. The molecule has 0 saturated carbocycles. The van der Waals surface area contributed by atoms with Crippen LogP contribution in [0.25, 0.3) is 0 Å². The maximum Gasteiger partial charge on any atom is 0.408 e. The van der Waals surface area contributed by atoms with E-state index in [9.17, 15) is 14.4 Å². The SMILES string of the molecule is CC(C)C(NC(=O)OC(C)(C)C)C(=O)NC(CCC(Cc1ccccc1)NC(=O)OCc1cncs1)Cc1ccccc1. The fraction of sp³-hybridized carbons (Fsp3) is 0.455. The number of alkyl carbamates (subject to hydrolysis) is 2. The summed E-state index contributed by atoms with van der Waals surface area (Å²) >= 11 is 1.43. The summed E-state index contributed by atoms with van der Waals surface area (Å²) in [5.41, 5.74) is 3.18. The Labute approximate surface area is 258 Å². The van der Waals surface area contributed by atoms with Gasteiger partial charge in [-0.1, -0.05) is 74.5 Å². The number of benzene rings is 2. The zero-order chi connectivity index (χ0) is 31.2. The highest BCUT2D eigenvalue weighted by atomic mass is 32.1. The van der Waals surface area contributed by atoms with Crippen molar-refractivity contribution in [3.05, 3.63) is 88.4 Å². The van der Waals surface area contributed by atoms with Crippen molar-refractivity contribution in [3.8, 4) is 0 Å². The topological polar surface area (TPSA) is 119 Å². The molecule has 1 aromatic heterocycles. The zero-order valence-corrected chi connectivity index (χ0v) is 26.5. The van der Waals surface area contributed by atoms with Crippen molar-refractivity contribution in [2.45, 2.75) is 90.6 Å². The van der Waals surface area contributed by atoms with E-state index in [1.165, 1.54) is 11.3 Å². The van der Waals surface area contributed by atoms with Crippen LogP contribution in [0.3, 0.4) is 0 Å². The van der Waals surface area contributed by atoms with Crippen LogP contribution in [0, 0.1) is 5.92 Å². The second-order valence-electron chi connectivity index (χ2n) is 11.9. The number of thiazole rings is 1. The number of rotatable bonds is 14. The maximum atomic E-state index is 13.5. The highest BCUT2D eigenvalue weighted by Gasteiger charge is 2.29. The van der Waals surface area contributed by atoms with Gasteiger partial charge in [0.25, 0.3) is 0 Å². The van der Waals surface area contributed by atoms with Gasteiger partial charge in [0.2, 0.25) is 5.91 Å². The Balaban J connectivity index is 1.72. The van der Waals surface area contributed by atoms with Gasteiger partial charge in [-0.2, -0.15) is 0 Å². The van der Waals surface area contributed by atoms with Crippen LogP contribution >= 0.6 is 11.3 Å². The highest BCUT2D eigenvalue weighted by Crippen LogP contribution is 2.15. The Morgan fingerprint density at radius 2 is 1.37 bits per heavy atom. The summed E-state index contributed by atoms with van der Waals surface area (Å²) < 4.78 is 10.8. The summed E-state index contributed by atoms with van der Waals surface area (Å²) in [6, 6.07) is 18.6. The van der Waals surface area contributed by atoms with Gasteiger partial charge in [-0.15, -0.1) is 11.3 Å². The smallest absolute Gasteiger partial charge is 0.408 e. The molecule has 9 nitrogen and oxygen atoms in total. The minimum Gasteiger partial charge on any atom is -0.444 e. The molecular weight excluding hydrogens is 564 g/mol. The van der Waals surface area contributed by atoms with E-state index < -0.39 is 23.8 Å². The summed E-state index contributed by atoms with van der Waals surface area (Å²) in [7, 11) is 0. The lowest BCUT2D eigenvalue weighted by molar-refractivity contribution is -0.125. The Bertz CT molecular complexity index is 1260. The average Bonchev–Trinajstić information content (AvgIpc) is 3.47. The molecule has 0 saturated heterocycles. The standard InChI is InChI=1S/C33H44N4O5S/c1-23(2)29(37-32(40)42-33(3,4)5)30(38)35-26(18-24-12-8-6-9-13-24)16-17-27(19-25-14-10-7-11-15-25)36-31(39)41-21-28-20-34-22-43-28/h6-15,20,22-23,26-27,29H,16-19,21H2,1-5H3,(H,35,38)(H,36,39)(H,37,40). The normalized spacial score (nSPS) is 13.4. The Morgan fingerprint density at radius 1 is 0.814 bits per heavy atom. The molecule has 2 aromatic carbocycles. The van der Waals surface area contributed by atoms with Crippen molar-refractivity contribution in [1.29, 1.82) is 0 Å². The number of nitrogens with one attached hydrogen (secondary N) is 3. The fourth-order valence-corrected chi connectivity index (χ4v) is 5.07. The third-order valence-electron chi connectivity index (χ3n) is 6.63. The van der Waals surface area contributed by atoms with Gasteiger partial charge >= 0.3 is 12.2 Å². The number of aromatic nitrogens is 1. The third-order valence-corrected chi connectivity index (χ3v) is 7.39. The number of carbonyl (C=O) groups is 3. The second kappa shape index (κ2) is 16.6. The minimum absolute atomic E-state index is 0.155. The van der Waals surface area contributed by atoms with Crippen LogP contribution in [-0.2, 0) is 33.7 Å². The van der Waals surface area contributed by atoms with Gasteiger partial charge in [0.1, 0.15) is 18.2 Å². The van der Waals surface area contributed by atoms with Gasteiger partial charge in [0.15, 0.2) is 0 Å². The van der Waals surface area contributed by atoms with E-state index in [-0.39, 0.29) is 30.5 Å². The molecule has 0 aliphatic carbocycles. The first-order valence-corrected chi connectivity index (χ1v) is 15.5. The Morgan fingerprint density at radius 3 is 1.86 bits per heavy atom. The van der Waals surface area contributed by atoms with Gasteiger partial charge in [-0.3, -0.25) is 9.78 Å². The molecule has 3 rings (SSSR count). The Hall–Kier alpha value is -3.92. The van der Waals surface area contributed by atoms with E-state index in [0.717, 1.165) is 16.0 Å². The predicted octanol–water partition coefficient (Wildman–Crippen LogP) is 6.04. The first kappa shape index (κ1) is 33.6. The van der Waals surface area contributed by atoms with Gasteiger partial charge < -0.3 is 25.4 Å². The van der Waals surface area contributed by atoms with Crippen molar-refractivity contribution in [2.24, 2.45) is 5.92 Å². The van der Waals surface area contributed by atoms with Crippen LogP contribution in [0.1, 0.15) is 63.5 Å². The number of hydrogen-bond donors (Lipinski definition) is 3. The van der Waals surface area contributed by atoms with Gasteiger partial charge in [-0.05, 0) is 63.5 Å². The summed E-state index contributed by atoms with van der Waals surface area (Å²) in [4.78, 5) is 43.7. The van der Waals surface area contributed by atoms with E-state index in [4.69, 9.17) is 9.47 Å². The van der Waals surface area contributed by atoms with Gasteiger partial charge in [0, 0.05) is 18.3 Å². The molecule has 3 atom stereocenters. The lowest BCUT2D eigenvalue weighted by atomic mass is 9.95. The monoisotopic (exact) mass is 608 g/mol. The average molecular weight is 609 g/mol. The molecule has 0 aliphatic heterocycles. The van der Waals surface area contributed by atoms with Gasteiger partial charge in [-0.25, -0.2) is 9.59 Å². The number of ether oxygens (including phenoxy) is 2. The molecule has 0 aliphatic rings. The minimum atomic E-state index is -0.770. The molecule has 0 fully saturated rings. The molecule has 3 aromatic rings. The van der Waals surface area contributed by atoms with E-state index in [1.807, 2.05) is 74.5 Å². The largest absolute Gasteiger partial charge is 0.444 e. The molecule has 3 unspecified atom stereocenters. The summed E-state index contributed by atoms with van der Waals surface area (Å²) in [5.74, 6) is -0.441. The summed E-state index contributed by atoms with van der Waals surface area (Å²) in [5, 5.41) is 8.94. The van der Waals surface area contributed by atoms with Crippen LogP contribution < -0.4 is 16.0 Å². The van der Waals surface area contributed by atoms with Crippen molar-refractivity contribution in [2.75, 3.05) is 0 Å². The summed E-state index contributed by atoms with van der Waals surface area (Å²) in [6.07, 6.45) is 2.93. The van der Waals surface area contributed by atoms with Crippen molar-refractivity contribution < 1.29 is 23.9 Å². The molecule has 3 amide bonds. The van der Waals surface area contributed by atoms with E-state index >= 15 is 0 Å². The number of amides is 3. The molecule has 1 heterocycles. The third kappa shape index (κ3) is 12.9. The van der Waals surface area contributed by atoms with Crippen molar-refractivity contribution in [1.82, 2.24) is 20.9 Å². The van der Waals surface area contributed by atoms with Crippen LogP contribution in [-0.4, -0.2) is 46.8 Å². The van der Waals surface area contributed by atoms with E-state index in [1.54, 1.807) is 32.5 Å². The zero-order valence-electron chi connectivity index (χ0n) is 25.7. The molecule has 0 radical (unpaired) electrons.